The van der Waals surface area contributed by atoms with Gasteiger partial charge >= 0.3 is 18.9 Å². The zero-order chi connectivity index (χ0) is 9.84. The van der Waals surface area contributed by atoms with Gasteiger partial charge in [0.1, 0.15) is 0 Å². The summed E-state index contributed by atoms with van der Waals surface area (Å²) >= 11 is 0. The van der Waals surface area contributed by atoms with Crippen molar-refractivity contribution in [3.63, 3.8) is 0 Å². The van der Waals surface area contributed by atoms with Crippen LogP contribution >= 0.6 is 0 Å². The summed E-state index contributed by atoms with van der Waals surface area (Å²) < 4.78 is 10.1. The van der Waals surface area contributed by atoms with E-state index in [1.165, 1.54) is 14.2 Å². The predicted octanol–water partition coefficient (Wildman–Crippen LogP) is -3.78. The van der Waals surface area contributed by atoms with Crippen molar-refractivity contribution in [3.05, 3.63) is 22.6 Å². The standard InChI is InChI=1S/C10H12O3.Li/c1-7-4-5-9(12-2)10(13-3)8(7)6-11;/h4-6,11H,1H2,2-3H3;/q;+1/p-1/b8-6+;. The second kappa shape index (κ2) is 5.64. The van der Waals surface area contributed by atoms with Gasteiger partial charge in [0.15, 0.2) is 11.5 Å². The van der Waals surface area contributed by atoms with Gasteiger partial charge in [-0.05, 0) is 11.3 Å². The van der Waals surface area contributed by atoms with E-state index in [9.17, 15) is 5.11 Å². The normalized spacial score (nSPS) is 10.6. The van der Waals surface area contributed by atoms with Gasteiger partial charge in [-0.1, -0.05) is 12.6 Å². The van der Waals surface area contributed by atoms with Gasteiger partial charge in [-0.3, -0.25) is 0 Å². The van der Waals surface area contributed by atoms with Crippen LogP contribution in [0.5, 0.6) is 11.5 Å². The molecule has 0 heterocycles. The molecule has 0 saturated carbocycles. The van der Waals surface area contributed by atoms with Crippen molar-refractivity contribution in [1.82, 2.24) is 0 Å². The summed E-state index contributed by atoms with van der Waals surface area (Å²) in [4.78, 5) is 0. The minimum Gasteiger partial charge on any atom is -0.877 e. The summed E-state index contributed by atoms with van der Waals surface area (Å²) in [6.07, 6.45) is 0.712. The van der Waals surface area contributed by atoms with E-state index in [0.717, 1.165) is 0 Å². The molecule has 0 aliphatic heterocycles. The van der Waals surface area contributed by atoms with Gasteiger partial charge in [0, 0.05) is 5.22 Å². The molecule has 14 heavy (non-hydrogen) atoms. The third kappa shape index (κ3) is 2.25. The first-order valence-corrected chi connectivity index (χ1v) is 3.76. The third-order valence-corrected chi connectivity index (χ3v) is 1.79. The van der Waals surface area contributed by atoms with E-state index in [1.807, 2.05) is 0 Å². The SMILES string of the molecule is C=c1ccc(OC)c(OC)/c1=C/[O-].[Li+]. The molecule has 0 radical (unpaired) electrons. The second-order valence-corrected chi connectivity index (χ2v) is 2.49. The van der Waals surface area contributed by atoms with Crippen LogP contribution in [0.25, 0.3) is 12.8 Å². The van der Waals surface area contributed by atoms with E-state index in [-0.39, 0.29) is 18.9 Å². The van der Waals surface area contributed by atoms with Crippen molar-refractivity contribution in [2.24, 2.45) is 0 Å². The van der Waals surface area contributed by atoms with Gasteiger partial charge < -0.3 is 14.6 Å². The number of hydrogen-bond acceptors (Lipinski definition) is 3. The molecule has 1 aromatic rings. The molecule has 1 aromatic carbocycles. The van der Waals surface area contributed by atoms with E-state index in [0.29, 0.717) is 28.2 Å². The molecule has 4 heteroatoms. The molecule has 0 amide bonds. The van der Waals surface area contributed by atoms with E-state index in [1.54, 1.807) is 12.1 Å². The first kappa shape index (κ1) is 13.0. The average molecular weight is 186 g/mol. The Hall–Kier alpha value is -1.04. The predicted molar refractivity (Wildman–Crippen MR) is 48.8 cm³/mol. The quantitative estimate of drug-likeness (QED) is 0.445. The van der Waals surface area contributed by atoms with Crippen molar-refractivity contribution in [3.8, 4) is 11.5 Å². The van der Waals surface area contributed by atoms with E-state index < -0.39 is 0 Å². The summed E-state index contributed by atoms with van der Waals surface area (Å²) in [6, 6.07) is 3.43. The van der Waals surface area contributed by atoms with Crippen LogP contribution in [0.15, 0.2) is 12.1 Å². The molecule has 0 spiro atoms. The first-order chi connectivity index (χ1) is 6.24. The Balaban J connectivity index is 0.00000169. The van der Waals surface area contributed by atoms with Crippen LogP contribution in [-0.2, 0) is 0 Å². The Morgan fingerprint density at radius 1 is 1.29 bits per heavy atom. The average Bonchev–Trinajstić information content (AvgIpc) is 2.17. The number of ether oxygens (including phenoxy) is 2. The van der Waals surface area contributed by atoms with Crippen LogP contribution < -0.4 is 43.9 Å². The molecule has 0 aromatic heterocycles. The number of benzene rings is 1. The van der Waals surface area contributed by atoms with Crippen molar-refractivity contribution >= 4 is 12.8 Å². The molecule has 70 valence electrons. The number of hydrogen-bond donors (Lipinski definition) is 0. The molecule has 0 fully saturated rings. The molecule has 0 unspecified atom stereocenters. The van der Waals surface area contributed by atoms with Crippen LogP contribution in [-0.4, -0.2) is 14.2 Å². The minimum absolute atomic E-state index is 0. The van der Waals surface area contributed by atoms with E-state index in [4.69, 9.17) is 9.47 Å². The van der Waals surface area contributed by atoms with Crippen molar-refractivity contribution in [2.75, 3.05) is 14.2 Å². The zero-order valence-corrected chi connectivity index (χ0v) is 8.66. The van der Waals surface area contributed by atoms with Crippen molar-refractivity contribution < 1.29 is 33.4 Å². The van der Waals surface area contributed by atoms with Crippen molar-refractivity contribution in [2.45, 2.75) is 0 Å². The smallest absolute Gasteiger partial charge is 0.877 e. The van der Waals surface area contributed by atoms with Gasteiger partial charge in [-0.2, -0.15) is 0 Å². The van der Waals surface area contributed by atoms with E-state index in [2.05, 4.69) is 6.58 Å². The first-order valence-electron chi connectivity index (χ1n) is 3.76. The fourth-order valence-electron chi connectivity index (χ4n) is 1.12. The molecule has 0 aliphatic rings. The van der Waals surface area contributed by atoms with Crippen LogP contribution in [0, 0.1) is 0 Å². The van der Waals surface area contributed by atoms with Crippen LogP contribution in [0.1, 0.15) is 0 Å². The number of methoxy groups -OCH3 is 2. The second-order valence-electron chi connectivity index (χ2n) is 2.49. The van der Waals surface area contributed by atoms with Gasteiger partial charge in [-0.25, -0.2) is 0 Å². The van der Waals surface area contributed by atoms with Crippen LogP contribution in [0.2, 0.25) is 0 Å². The fourth-order valence-corrected chi connectivity index (χ4v) is 1.12. The fraction of sp³-hybridized carbons (Fsp3) is 0.200. The molecule has 3 nitrogen and oxygen atoms in total. The van der Waals surface area contributed by atoms with Gasteiger partial charge in [-0.15, -0.1) is 6.26 Å². The molecular weight excluding hydrogens is 175 g/mol. The Bertz CT molecular complexity index is 401. The molecule has 0 aliphatic carbocycles. The molecular formula is C10H11LiO3. The Morgan fingerprint density at radius 2 is 1.93 bits per heavy atom. The topological polar surface area (TPSA) is 41.5 Å². The summed E-state index contributed by atoms with van der Waals surface area (Å²) in [5, 5.41) is 11.8. The van der Waals surface area contributed by atoms with Crippen LogP contribution in [0.4, 0.5) is 0 Å². The summed E-state index contributed by atoms with van der Waals surface area (Å²) in [5.74, 6) is 0.974. The Kier molecular flexibility index (Phi) is 5.22. The van der Waals surface area contributed by atoms with Crippen LogP contribution in [0.3, 0.4) is 0 Å². The summed E-state index contributed by atoms with van der Waals surface area (Å²) in [7, 11) is 3.01. The zero-order valence-electron chi connectivity index (χ0n) is 8.66. The third-order valence-electron chi connectivity index (χ3n) is 1.79. The maximum atomic E-state index is 10.7. The summed E-state index contributed by atoms with van der Waals surface area (Å²) in [5.41, 5.74) is 0. The Morgan fingerprint density at radius 3 is 2.36 bits per heavy atom. The molecule has 0 N–H and O–H groups in total. The molecule has 0 saturated heterocycles. The number of rotatable bonds is 2. The maximum absolute atomic E-state index is 10.7. The van der Waals surface area contributed by atoms with Gasteiger partial charge in [0.2, 0.25) is 0 Å². The summed E-state index contributed by atoms with van der Waals surface area (Å²) in [6.45, 7) is 3.71. The van der Waals surface area contributed by atoms with Gasteiger partial charge in [0.25, 0.3) is 0 Å². The van der Waals surface area contributed by atoms with Gasteiger partial charge in [0.05, 0.1) is 14.2 Å². The maximum Gasteiger partial charge on any atom is 1.00 e. The largest absolute Gasteiger partial charge is 1.00 e. The monoisotopic (exact) mass is 186 g/mol. The molecule has 0 bridgehead atoms. The van der Waals surface area contributed by atoms with Crippen molar-refractivity contribution in [1.29, 1.82) is 0 Å². The van der Waals surface area contributed by atoms with E-state index >= 15 is 0 Å². The molecule has 0 atom stereocenters. The minimum atomic E-state index is 0. The Labute approximate surface area is 94.8 Å². The molecule has 1 rings (SSSR count).